The zero-order valence-electron chi connectivity index (χ0n) is 61.4. The minimum absolute atomic E-state index is 0.0697. The number of unbranched alkanes of at least 4 members (excludes halogenated alkanes) is 27. The van der Waals surface area contributed by atoms with Gasteiger partial charge in [-0.3, -0.25) is 37.3 Å². The maximum absolute atomic E-state index is 13.1. The van der Waals surface area contributed by atoms with E-state index in [2.05, 4.69) is 137 Å². The first-order valence-corrected chi connectivity index (χ1v) is 41.1. The third kappa shape index (κ3) is 70.2. The number of aliphatic hydroxyl groups excluding tert-OH is 1. The predicted molar refractivity (Wildman–Crippen MR) is 399 cm³/mol. The van der Waals surface area contributed by atoms with Crippen molar-refractivity contribution in [1.29, 1.82) is 0 Å². The summed E-state index contributed by atoms with van der Waals surface area (Å²) < 4.78 is 68.4. The number of allylic oxidation sites excluding steroid dienone is 18. The van der Waals surface area contributed by atoms with Crippen molar-refractivity contribution in [2.24, 2.45) is 0 Å². The van der Waals surface area contributed by atoms with Gasteiger partial charge in [-0.25, -0.2) is 9.13 Å². The Labute approximate surface area is 594 Å². The molecule has 0 aromatic carbocycles. The van der Waals surface area contributed by atoms with Crippen LogP contribution >= 0.6 is 15.6 Å². The molecule has 0 radical (unpaired) electrons. The number of phosphoric acid groups is 2. The first-order chi connectivity index (χ1) is 47.7. The summed E-state index contributed by atoms with van der Waals surface area (Å²) >= 11 is 0. The Morgan fingerprint density at radius 3 is 0.867 bits per heavy atom. The molecule has 5 unspecified atom stereocenters. The van der Waals surface area contributed by atoms with Crippen LogP contribution in [0.5, 0.6) is 0 Å². The second kappa shape index (κ2) is 71.1. The van der Waals surface area contributed by atoms with Gasteiger partial charge in [-0.1, -0.05) is 253 Å². The first kappa shape index (κ1) is 93.7. The summed E-state index contributed by atoms with van der Waals surface area (Å²) in [6, 6.07) is 0. The molecular formula is C79H136O17P2. The highest BCUT2D eigenvalue weighted by Gasteiger charge is 2.30. The number of phosphoric ester groups is 2. The summed E-state index contributed by atoms with van der Waals surface area (Å²) in [5.74, 6) is -2.23. The summed E-state index contributed by atoms with van der Waals surface area (Å²) in [4.78, 5) is 72.8. The van der Waals surface area contributed by atoms with Crippen LogP contribution in [0.15, 0.2) is 109 Å². The highest BCUT2D eigenvalue weighted by Crippen LogP contribution is 2.45. The van der Waals surface area contributed by atoms with Crippen molar-refractivity contribution in [1.82, 2.24) is 0 Å². The zero-order valence-corrected chi connectivity index (χ0v) is 63.2. The van der Waals surface area contributed by atoms with E-state index in [0.717, 1.165) is 193 Å². The Bertz CT molecular complexity index is 2290. The van der Waals surface area contributed by atoms with Crippen molar-refractivity contribution in [2.75, 3.05) is 39.6 Å². The Balaban J connectivity index is 5.38. The van der Waals surface area contributed by atoms with Crippen LogP contribution in [0.4, 0.5) is 0 Å². The van der Waals surface area contributed by atoms with E-state index in [-0.39, 0.29) is 25.7 Å². The van der Waals surface area contributed by atoms with Gasteiger partial charge in [0.25, 0.3) is 0 Å². The quantitative estimate of drug-likeness (QED) is 0.0169. The molecule has 19 heteroatoms. The summed E-state index contributed by atoms with van der Waals surface area (Å²) in [5.41, 5.74) is 0. The van der Waals surface area contributed by atoms with E-state index in [1.165, 1.54) is 38.5 Å². The van der Waals surface area contributed by atoms with Gasteiger partial charge in [-0.2, -0.15) is 0 Å². The third-order valence-corrected chi connectivity index (χ3v) is 17.6. The molecule has 0 rings (SSSR count). The molecule has 0 saturated carbocycles. The van der Waals surface area contributed by atoms with Crippen LogP contribution in [0, 0.1) is 0 Å². The Morgan fingerprint density at radius 1 is 0.296 bits per heavy atom. The molecule has 0 aliphatic rings. The van der Waals surface area contributed by atoms with E-state index in [1.54, 1.807) is 0 Å². The molecule has 0 fully saturated rings. The fraction of sp³-hybridized carbons (Fsp3) is 0.722. The van der Waals surface area contributed by atoms with Crippen molar-refractivity contribution in [2.45, 2.75) is 329 Å². The first-order valence-electron chi connectivity index (χ1n) is 38.1. The van der Waals surface area contributed by atoms with Crippen LogP contribution < -0.4 is 0 Å². The lowest BCUT2D eigenvalue weighted by Crippen LogP contribution is -2.30. The average Bonchev–Trinajstić information content (AvgIpc) is 1.04. The van der Waals surface area contributed by atoms with Crippen molar-refractivity contribution < 1.29 is 80.2 Å². The molecule has 0 aliphatic heterocycles. The number of rotatable bonds is 71. The van der Waals surface area contributed by atoms with Crippen LogP contribution in [0.2, 0.25) is 0 Å². The standard InChI is InChI=1S/C79H136O17P2/c1-5-9-13-17-21-25-29-33-36-40-43-47-51-55-59-63-76(81)89-69-74(95-78(83)65-61-57-53-49-45-39-32-28-24-20-16-12-8-4)71-93-97(85,86)91-67-73(80)68-92-98(87,88)94-72-75(96-79(84)66-62-58-54-50-46-42-38-35-31-27-23-19-15-11-7-3)70-90-77(82)64-60-56-52-48-44-41-37-34-30-26-22-18-14-10-6-2/h10-11,14-16,20,22-23,26-28,32-38,73-75,80H,5-9,12-13,17-19,21,24-25,29-31,39-72H2,1-4H3,(H,85,86)(H,87,88)/b14-10-,15-11-,20-16-,26-22-,27-23-,32-28-,36-33-,37-34-,38-35-. The summed E-state index contributed by atoms with van der Waals surface area (Å²) in [6.07, 6.45) is 75.1. The molecule has 0 amide bonds. The van der Waals surface area contributed by atoms with Gasteiger partial charge in [0, 0.05) is 25.7 Å². The van der Waals surface area contributed by atoms with E-state index in [4.69, 9.17) is 37.0 Å². The van der Waals surface area contributed by atoms with Gasteiger partial charge in [0.05, 0.1) is 26.4 Å². The molecule has 564 valence electrons. The Kier molecular flexibility index (Phi) is 68.0. The SMILES string of the molecule is CC/C=C\C/C=C\C/C=C\CCCCCCCC(=O)OCC(COP(=O)(O)OCC(O)COP(=O)(O)OCC(COC(=O)CCCCCCC/C=C\CCCCCCCC)OC(=O)CCCCCCC/C=C\C/C=C\CCC)OC(=O)CCCCCCC/C=C\C/C=C\C/C=C\CC. The molecule has 17 nitrogen and oxygen atoms in total. The van der Waals surface area contributed by atoms with E-state index >= 15 is 0 Å². The van der Waals surface area contributed by atoms with Crippen LogP contribution in [0.3, 0.4) is 0 Å². The number of carbonyl (C=O) groups excluding carboxylic acids is 4. The summed E-state index contributed by atoms with van der Waals surface area (Å²) in [6.45, 7) is 4.53. The van der Waals surface area contributed by atoms with E-state index in [0.29, 0.717) is 25.7 Å². The van der Waals surface area contributed by atoms with Crippen LogP contribution in [-0.2, 0) is 65.4 Å². The zero-order chi connectivity index (χ0) is 71.8. The largest absolute Gasteiger partial charge is 0.472 e. The molecule has 0 saturated heterocycles. The van der Waals surface area contributed by atoms with Gasteiger partial charge in [-0.05, 0) is 141 Å². The number of aliphatic hydroxyl groups is 1. The van der Waals surface area contributed by atoms with Gasteiger partial charge >= 0.3 is 39.5 Å². The molecule has 0 aromatic heterocycles. The minimum Gasteiger partial charge on any atom is -0.462 e. The lowest BCUT2D eigenvalue weighted by molar-refractivity contribution is -0.161. The summed E-state index contributed by atoms with van der Waals surface area (Å²) in [7, 11) is -9.96. The van der Waals surface area contributed by atoms with Crippen molar-refractivity contribution >= 4 is 39.5 Å². The van der Waals surface area contributed by atoms with Crippen molar-refractivity contribution in [3.05, 3.63) is 109 Å². The number of hydrogen-bond donors (Lipinski definition) is 3. The molecule has 5 atom stereocenters. The molecule has 0 bridgehead atoms. The maximum Gasteiger partial charge on any atom is 0.472 e. The number of ether oxygens (including phenoxy) is 4. The monoisotopic (exact) mass is 1420 g/mol. The van der Waals surface area contributed by atoms with E-state index in [9.17, 15) is 43.2 Å². The molecular weight excluding hydrogens is 1280 g/mol. The molecule has 0 aromatic rings. The Hall–Kier alpha value is -4.28. The smallest absolute Gasteiger partial charge is 0.462 e. The van der Waals surface area contributed by atoms with Crippen LogP contribution in [0.25, 0.3) is 0 Å². The molecule has 98 heavy (non-hydrogen) atoms. The fourth-order valence-corrected chi connectivity index (χ4v) is 11.5. The van der Waals surface area contributed by atoms with Gasteiger partial charge < -0.3 is 33.8 Å². The van der Waals surface area contributed by atoms with Crippen LogP contribution in [0.1, 0.15) is 310 Å². The van der Waals surface area contributed by atoms with Crippen molar-refractivity contribution in [3.8, 4) is 0 Å². The number of carbonyl (C=O) groups is 4. The summed E-state index contributed by atoms with van der Waals surface area (Å²) in [5, 5.41) is 10.6. The Morgan fingerprint density at radius 2 is 0.551 bits per heavy atom. The topological polar surface area (TPSA) is 237 Å². The number of esters is 4. The molecule has 0 aliphatic carbocycles. The molecule has 0 heterocycles. The lowest BCUT2D eigenvalue weighted by Gasteiger charge is -2.21. The predicted octanol–water partition coefficient (Wildman–Crippen LogP) is 21.8. The van der Waals surface area contributed by atoms with Gasteiger partial charge in [0.2, 0.25) is 0 Å². The highest BCUT2D eigenvalue weighted by atomic mass is 31.2. The van der Waals surface area contributed by atoms with Crippen LogP contribution in [-0.4, -0.2) is 96.7 Å². The normalized spacial score (nSPS) is 14.6. The van der Waals surface area contributed by atoms with Crippen molar-refractivity contribution in [3.63, 3.8) is 0 Å². The van der Waals surface area contributed by atoms with Gasteiger partial charge in [-0.15, -0.1) is 0 Å². The average molecular weight is 1420 g/mol. The van der Waals surface area contributed by atoms with Gasteiger partial charge in [0.15, 0.2) is 12.2 Å². The second-order valence-corrected chi connectivity index (χ2v) is 28.1. The van der Waals surface area contributed by atoms with E-state index < -0.39 is 97.5 Å². The lowest BCUT2D eigenvalue weighted by atomic mass is 10.1. The third-order valence-electron chi connectivity index (χ3n) is 15.7. The number of hydrogen-bond acceptors (Lipinski definition) is 15. The second-order valence-electron chi connectivity index (χ2n) is 25.2. The van der Waals surface area contributed by atoms with Gasteiger partial charge in [0.1, 0.15) is 19.3 Å². The maximum atomic E-state index is 13.1. The fourth-order valence-electron chi connectivity index (χ4n) is 9.93. The minimum atomic E-state index is -4.98. The molecule has 3 N–H and O–H groups in total. The van der Waals surface area contributed by atoms with E-state index in [1.807, 2.05) is 0 Å². The molecule has 0 spiro atoms. The highest BCUT2D eigenvalue weighted by molar-refractivity contribution is 7.47.